The van der Waals surface area contributed by atoms with Crippen molar-refractivity contribution in [2.75, 3.05) is 13.1 Å². The number of nitrogens with two attached hydrogens (primary N) is 1. The Hall–Kier alpha value is -3.03. The highest BCUT2D eigenvalue weighted by Crippen LogP contribution is 2.33. The van der Waals surface area contributed by atoms with E-state index in [4.69, 9.17) is 5.73 Å². The number of carbonyl (C=O) groups is 3. The van der Waals surface area contributed by atoms with Gasteiger partial charge in [0, 0.05) is 38.2 Å². The molecule has 31 heavy (non-hydrogen) atoms. The zero-order valence-electron chi connectivity index (χ0n) is 17.3. The molecular formula is C24H26N4O3. The Kier molecular flexibility index (Phi) is 4.87. The van der Waals surface area contributed by atoms with E-state index in [-0.39, 0.29) is 29.7 Å². The number of benzene rings is 2. The lowest BCUT2D eigenvalue weighted by Gasteiger charge is -2.29. The molecule has 7 heteroatoms. The van der Waals surface area contributed by atoms with Crippen molar-refractivity contribution >= 4 is 17.7 Å². The number of hydrogen-bond donors (Lipinski definition) is 2. The first-order chi connectivity index (χ1) is 14.9. The van der Waals surface area contributed by atoms with E-state index in [1.165, 1.54) is 0 Å². The summed E-state index contributed by atoms with van der Waals surface area (Å²) in [5.74, 6) is -0.778. The Bertz CT molecular complexity index is 1050. The highest BCUT2D eigenvalue weighted by molar-refractivity contribution is 6.06. The summed E-state index contributed by atoms with van der Waals surface area (Å²) in [6.07, 6.45) is 1.50. The molecule has 0 spiro atoms. The average molecular weight is 418 g/mol. The molecule has 3 amide bonds. The number of fused-ring (bicyclic) bond motifs is 1. The van der Waals surface area contributed by atoms with E-state index < -0.39 is 6.04 Å². The zero-order valence-corrected chi connectivity index (χ0v) is 17.3. The standard InChI is InChI=1S/C24H26N4O3/c25-24(18-7-2-1-3-8-18)11-12-27(15-24)13-16-5-4-6-17-14-28(23(31)21(16)17)19-9-10-20(29)26-22(19)30/h1-8,19H,9-15,25H2,(H,26,29,30). The van der Waals surface area contributed by atoms with Crippen molar-refractivity contribution in [1.82, 2.24) is 15.1 Å². The highest BCUT2D eigenvalue weighted by atomic mass is 16.2. The quantitative estimate of drug-likeness (QED) is 0.734. The molecule has 2 atom stereocenters. The third kappa shape index (κ3) is 3.54. The summed E-state index contributed by atoms with van der Waals surface area (Å²) in [5.41, 5.74) is 10.1. The maximum Gasteiger partial charge on any atom is 0.255 e. The number of amides is 3. The average Bonchev–Trinajstić information content (AvgIpc) is 3.30. The second kappa shape index (κ2) is 7.59. The third-order valence-electron chi connectivity index (χ3n) is 6.76. The fraction of sp³-hybridized carbons (Fsp3) is 0.375. The molecule has 3 aliphatic rings. The number of likely N-dealkylation sites (tertiary alicyclic amines) is 1. The monoisotopic (exact) mass is 418 g/mol. The van der Waals surface area contributed by atoms with Crippen molar-refractivity contribution in [3.8, 4) is 0 Å². The van der Waals surface area contributed by atoms with Crippen LogP contribution in [-0.4, -0.2) is 46.7 Å². The van der Waals surface area contributed by atoms with E-state index >= 15 is 0 Å². The van der Waals surface area contributed by atoms with Crippen LogP contribution in [0.25, 0.3) is 0 Å². The minimum Gasteiger partial charge on any atom is -0.322 e. The van der Waals surface area contributed by atoms with Crippen molar-refractivity contribution in [3.63, 3.8) is 0 Å². The molecule has 3 heterocycles. The van der Waals surface area contributed by atoms with Gasteiger partial charge in [-0.1, -0.05) is 48.5 Å². The minimum atomic E-state index is -0.591. The molecule has 0 aromatic heterocycles. The molecule has 2 saturated heterocycles. The van der Waals surface area contributed by atoms with Gasteiger partial charge in [-0.15, -0.1) is 0 Å². The second-order valence-electron chi connectivity index (χ2n) is 8.83. The van der Waals surface area contributed by atoms with Crippen LogP contribution in [0.2, 0.25) is 0 Å². The van der Waals surface area contributed by atoms with Gasteiger partial charge in [0.25, 0.3) is 5.91 Å². The number of rotatable bonds is 4. The largest absolute Gasteiger partial charge is 0.322 e. The van der Waals surface area contributed by atoms with Crippen molar-refractivity contribution in [1.29, 1.82) is 0 Å². The van der Waals surface area contributed by atoms with Crippen LogP contribution in [0.15, 0.2) is 48.5 Å². The normalized spacial score (nSPS) is 26.3. The molecule has 0 bridgehead atoms. The first-order valence-electron chi connectivity index (χ1n) is 10.8. The van der Waals surface area contributed by atoms with E-state index in [0.29, 0.717) is 25.1 Å². The minimum absolute atomic E-state index is 0.124. The molecular weight excluding hydrogens is 392 g/mol. The number of piperidine rings is 1. The lowest BCUT2D eigenvalue weighted by molar-refractivity contribution is -0.136. The fourth-order valence-electron chi connectivity index (χ4n) is 5.12. The van der Waals surface area contributed by atoms with Gasteiger partial charge < -0.3 is 10.6 Å². The summed E-state index contributed by atoms with van der Waals surface area (Å²) in [6.45, 7) is 2.63. The number of nitrogens with zero attached hydrogens (tertiary/aromatic N) is 2. The van der Waals surface area contributed by atoms with Crippen LogP contribution >= 0.6 is 0 Å². The molecule has 2 aromatic rings. The van der Waals surface area contributed by atoms with Gasteiger partial charge in [0.05, 0.1) is 5.54 Å². The molecule has 2 unspecified atom stereocenters. The van der Waals surface area contributed by atoms with Crippen molar-refractivity contribution in [3.05, 3.63) is 70.8 Å². The van der Waals surface area contributed by atoms with Gasteiger partial charge in [-0.05, 0) is 29.5 Å². The number of nitrogens with one attached hydrogen (secondary N) is 1. The van der Waals surface area contributed by atoms with Crippen LogP contribution < -0.4 is 11.1 Å². The van der Waals surface area contributed by atoms with Gasteiger partial charge in [0.15, 0.2) is 0 Å². The Morgan fingerprint density at radius 3 is 2.65 bits per heavy atom. The van der Waals surface area contributed by atoms with Crippen LogP contribution in [0.3, 0.4) is 0 Å². The van der Waals surface area contributed by atoms with E-state index in [0.717, 1.165) is 36.2 Å². The molecule has 160 valence electrons. The predicted octanol–water partition coefficient (Wildman–Crippen LogP) is 1.51. The van der Waals surface area contributed by atoms with Gasteiger partial charge in [-0.25, -0.2) is 0 Å². The van der Waals surface area contributed by atoms with Crippen molar-refractivity contribution in [2.45, 2.75) is 43.9 Å². The molecule has 3 aliphatic heterocycles. The van der Waals surface area contributed by atoms with Crippen LogP contribution in [0, 0.1) is 0 Å². The van der Waals surface area contributed by atoms with E-state index in [2.05, 4.69) is 22.3 Å². The highest BCUT2D eigenvalue weighted by Gasteiger charge is 2.41. The molecule has 5 rings (SSSR count). The summed E-state index contributed by atoms with van der Waals surface area (Å²) < 4.78 is 0. The summed E-state index contributed by atoms with van der Waals surface area (Å²) >= 11 is 0. The lowest BCUT2D eigenvalue weighted by atomic mass is 9.90. The maximum absolute atomic E-state index is 13.3. The van der Waals surface area contributed by atoms with Crippen LogP contribution in [0.1, 0.15) is 46.3 Å². The number of imide groups is 1. The van der Waals surface area contributed by atoms with Gasteiger partial charge in [0.1, 0.15) is 6.04 Å². The topological polar surface area (TPSA) is 95.7 Å². The molecule has 0 saturated carbocycles. The first kappa shape index (κ1) is 19.9. The van der Waals surface area contributed by atoms with Gasteiger partial charge in [-0.3, -0.25) is 24.6 Å². The molecule has 2 fully saturated rings. The van der Waals surface area contributed by atoms with Gasteiger partial charge in [0.2, 0.25) is 11.8 Å². The van der Waals surface area contributed by atoms with Crippen molar-refractivity contribution in [2.24, 2.45) is 5.73 Å². The van der Waals surface area contributed by atoms with E-state index in [1.54, 1.807) is 4.90 Å². The Balaban J connectivity index is 1.34. The Labute approximate surface area is 181 Å². The van der Waals surface area contributed by atoms with Crippen molar-refractivity contribution < 1.29 is 14.4 Å². The summed E-state index contributed by atoms with van der Waals surface area (Å²) in [5, 5.41) is 2.36. The summed E-state index contributed by atoms with van der Waals surface area (Å²) in [6, 6.07) is 15.5. The van der Waals surface area contributed by atoms with Gasteiger partial charge in [-0.2, -0.15) is 0 Å². The third-order valence-corrected chi connectivity index (χ3v) is 6.76. The lowest BCUT2D eigenvalue weighted by Crippen LogP contribution is -2.52. The van der Waals surface area contributed by atoms with E-state index in [1.807, 2.05) is 36.4 Å². The Morgan fingerprint density at radius 2 is 1.87 bits per heavy atom. The maximum atomic E-state index is 13.3. The van der Waals surface area contributed by atoms with E-state index in [9.17, 15) is 14.4 Å². The smallest absolute Gasteiger partial charge is 0.255 e. The number of carbonyl (C=O) groups excluding carboxylic acids is 3. The molecule has 3 N–H and O–H groups in total. The summed E-state index contributed by atoms with van der Waals surface area (Å²) in [4.78, 5) is 41.0. The summed E-state index contributed by atoms with van der Waals surface area (Å²) in [7, 11) is 0. The Morgan fingerprint density at radius 1 is 1.06 bits per heavy atom. The molecule has 0 aliphatic carbocycles. The predicted molar refractivity (Wildman–Crippen MR) is 115 cm³/mol. The SMILES string of the molecule is NC1(c2ccccc2)CCN(Cc2cccc3c2C(=O)N(C2CCC(=O)NC2=O)C3)C1. The molecule has 0 radical (unpaired) electrons. The van der Waals surface area contributed by atoms with Crippen LogP contribution in [-0.2, 0) is 28.2 Å². The van der Waals surface area contributed by atoms with Crippen LogP contribution in [0.5, 0.6) is 0 Å². The zero-order chi connectivity index (χ0) is 21.6. The fourth-order valence-corrected chi connectivity index (χ4v) is 5.12. The van der Waals surface area contributed by atoms with Crippen LogP contribution in [0.4, 0.5) is 0 Å². The first-order valence-corrected chi connectivity index (χ1v) is 10.8. The second-order valence-corrected chi connectivity index (χ2v) is 8.83. The van der Waals surface area contributed by atoms with Gasteiger partial charge >= 0.3 is 0 Å². The molecule has 2 aromatic carbocycles. The number of hydrogen-bond acceptors (Lipinski definition) is 5. The molecule has 7 nitrogen and oxygen atoms in total.